The monoisotopic (exact) mass is 244 g/mol. The van der Waals surface area contributed by atoms with Crippen molar-refractivity contribution in [2.24, 2.45) is 7.05 Å². The van der Waals surface area contributed by atoms with Gasteiger partial charge in [-0.3, -0.25) is 4.68 Å². The van der Waals surface area contributed by atoms with E-state index in [4.69, 9.17) is 5.10 Å². The molecule has 4 nitrogen and oxygen atoms in total. The first-order chi connectivity index (χ1) is 8.84. The summed E-state index contributed by atoms with van der Waals surface area (Å²) in [4.78, 5) is 0. The topological polar surface area (TPSA) is 41.9 Å². The largest absolute Gasteiger partial charge is 0.366 e. The van der Waals surface area contributed by atoms with Crippen molar-refractivity contribution >= 4 is 11.4 Å². The summed E-state index contributed by atoms with van der Waals surface area (Å²) in [5, 5.41) is 11.7. The van der Waals surface area contributed by atoms with E-state index in [2.05, 4.69) is 17.7 Å². The molecule has 1 aromatic rings. The highest BCUT2D eigenvalue weighted by Gasteiger charge is 2.32. The van der Waals surface area contributed by atoms with Gasteiger partial charge in [0.25, 0.3) is 0 Å². The lowest BCUT2D eigenvalue weighted by Crippen LogP contribution is -2.40. The van der Waals surface area contributed by atoms with Gasteiger partial charge in [0.2, 0.25) is 0 Å². The lowest BCUT2D eigenvalue weighted by molar-refractivity contribution is 0.435. The van der Waals surface area contributed by atoms with E-state index < -0.39 is 0 Å². The van der Waals surface area contributed by atoms with E-state index in [1.165, 1.54) is 42.8 Å². The molecule has 96 valence electrons. The Bertz CT molecular complexity index is 522. The van der Waals surface area contributed by atoms with Crippen molar-refractivity contribution in [3.8, 4) is 0 Å². The third kappa shape index (κ3) is 1.38. The van der Waals surface area contributed by atoms with E-state index in [0.717, 1.165) is 19.6 Å². The molecular formula is C14H20N4. The van der Waals surface area contributed by atoms with Crippen molar-refractivity contribution < 1.29 is 0 Å². The van der Waals surface area contributed by atoms with E-state index in [-0.39, 0.29) is 0 Å². The Hall–Kier alpha value is -1.29. The molecule has 0 bridgehead atoms. The average Bonchev–Trinajstić information content (AvgIpc) is 2.65. The zero-order valence-corrected chi connectivity index (χ0v) is 10.9. The van der Waals surface area contributed by atoms with E-state index >= 15 is 0 Å². The Morgan fingerprint density at radius 1 is 1.22 bits per heavy atom. The molecule has 0 amide bonds. The average molecular weight is 244 g/mol. The number of aryl methyl sites for hydroxylation is 1. The second-order valence-electron chi connectivity index (χ2n) is 5.73. The third-order valence-corrected chi connectivity index (χ3v) is 4.60. The minimum Gasteiger partial charge on any atom is -0.366 e. The van der Waals surface area contributed by atoms with E-state index in [1.54, 1.807) is 11.1 Å². The van der Waals surface area contributed by atoms with Crippen molar-refractivity contribution in [3.63, 3.8) is 0 Å². The molecule has 18 heavy (non-hydrogen) atoms. The first-order valence-electron chi connectivity index (χ1n) is 7.07. The first-order valence-corrected chi connectivity index (χ1v) is 7.07. The number of allylic oxidation sites excluding steroid dienone is 1. The fourth-order valence-corrected chi connectivity index (χ4v) is 3.47. The van der Waals surface area contributed by atoms with Crippen LogP contribution >= 0.6 is 0 Å². The van der Waals surface area contributed by atoms with Gasteiger partial charge in [-0.1, -0.05) is 0 Å². The van der Waals surface area contributed by atoms with Crippen molar-refractivity contribution in [3.05, 3.63) is 16.8 Å². The van der Waals surface area contributed by atoms with Gasteiger partial charge in [0.1, 0.15) is 5.82 Å². The zero-order valence-electron chi connectivity index (χ0n) is 10.9. The maximum atomic E-state index is 4.79. The van der Waals surface area contributed by atoms with Crippen molar-refractivity contribution in [2.75, 3.05) is 25.0 Å². The number of aromatic nitrogens is 2. The molecule has 0 radical (unpaired) electrons. The molecule has 0 unspecified atom stereocenters. The van der Waals surface area contributed by atoms with Crippen LogP contribution < -0.4 is 10.6 Å². The summed E-state index contributed by atoms with van der Waals surface area (Å²) in [6, 6.07) is 0. The van der Waals surface area contributed by atoms with Gasteiger partial charge in [-0.15, -0.1) is 0 Å². The van der Waals surface area contributed by atoms with E-state index in [1.807, 2.05) is 4.68 Å². The van der Waals surface area contributed by atoms with E-state index in [9.17, 15) is 0 Å². The SMILES string of the molecule is Cn1nc(C2CNC2)c2c1NCC1=C2CCCC1. The zero-order chi connectivity index (χ0) is 12.1. The predicted molar refractivity (Wildman–Crippen MR) is 72.7 cm³/mol. The quantitative estimate of drug-likeness (QED) is 0.792. The van der Waals surface area contributed by atoms with Gasteiger partial charge in [0, 0.05) is 38.2 Å². The maximum absolute atomic E-state index is 4.79. The van der Waals surface area contributed by atoms with Crippen LogP contribution in [-0.2, 0) is 7.05 Å². The van der Waals surface area contributed by atoms with Crippen LogP contribution in [-0.4, -0.2) is 29.4 Å². The van der Waals surface area contributed by atoms with E-state index in [0.29, 0.717) is 5.92 Å². The van der Waals surface area contributed by atoms with Crippen LogP contribution in [0.4, 0.5) is 5.82 Å². The number of anilines is 1. The molecule has 2 aliphatic heterocycles. The molecule has 4 heteroatoms. The van der Waals surface area contributed by atoms with Gasteiger partial charge in [0.05, 0.1) is 5.69 Å². The van der Waals surface area contributed by atoms with Gasteiger partial charge in [-0.25, -0.2) is 0 Å². The number of nitrogens with zero attached hydrogens (tertiary/aromatic N) is 2. The number of hydrogen-bond acceptors (Lipinski definition) is 3. The smallest absolute Gasteiger partial charge is 0.132 e. The summed E-state index contributed by atoms with van der Waals surface area (Å²) in [6.07, 6.45) is 5.23. The molecule has 1 saturated heterocycles. The molecule has 0 spiro atoms. The van der Waals surface area contributed by atoms with Crippen molar-refractivity contribution in [2.45, 2.75) is 31.6 Å². The van der Waals surface area contributed by atoms with Crippen LogP contribution in [0.3, 0.4) is 0 Å². The molecule has 1 fully saturated rings. The lowest BCUT2D eigenvalue weighted by Gasteiger charge is -2.30. The van der Waals surface area contributed by atoms with Gasteiger partial charge >= 0.3 is 0 Å². The van der Waals surface area contributed by atoms with Crippen LogP contribution in [0, 0.1) is 0 Å². The number of hydrogen-bond donors (Lipinski definition) is 2. The molecule has 3 heterocycles. The van der Waals surface area contributed by atoms with Gasteiger partial charge in [-0.2, -0.15) is 5.10 Å². The number of fused-ring (bicyclic) bond motifs is 2. The minimum atomic E-state index is 0.621. The number of nitrogens with one attached hydrogen (secondary N) is 2. The highest BCUT2D eigenvalue weighted by Crippen LogP contribution is 2.42. The predicted octanol–water partition coefficient (Wildman–Crippen LogP) is 1.86. The maximum Gasteiger partial charge on any atom is 0.132 e. The molecule has 0 saturated carbocycles. The van der Waals surface area contributed by atoms with Gasteiger partial charge in [0.15, 0.2) is 0 Å². The summed E-state index contributed by atoms with van der Waals surface area (Å²) >= 11 is 0. The summed E-state index contributed by atoms with van der Waals surface area (Å²) in [5.41, 5.74) is 6.03. The first kappa shape index (κ1) is 10.6. The molecular weight excluding hydrogens is 224 g/mol. The number of rotatable bonds is 1. The minimum absolute atomic E-state index is 0.621. The van der Waals surface area contributed by atoms with Crippen molar-refractivity contribution in [1.82, 2.24) is 15.1 Å². The fraction of sp³-hybridized carbons (Fsp3) is 0.643. The molecule has 2 N–H and O–H groups in total. The Kier molecular flexibility index (Phi) is 2.27. The second-order valence-corrected chi connectivity index (χ2v) is 5.73. The van der Waals surface area contributed by atoms with Crippen LogP contribution in [0.1, 0.15) is 42.9 Å². The Balaban J connectivity index is 1.87. The van der Waals surface area contributed by atoms with Gasteiger partial charge < -0.3 is 10.6 Å². The molecule has 1 aromatic heterocycles. The summed E-state index contributed by atoms with van der Waals surface area (Å²) in [6.45, 7) is 3.21. The lowest BCUT2D eigenvalue weighted by atomic mass is 9.82. The van der Waals surface area contributed by atoms with Crippen LogP contribution in [0.5, 0.6) is 0 Å². The standard InChI is InChI=1S/C14H20N4/c1-18-14-12(13(17-18)10-6-15-7-10)11-5-3-2-4-9(11)8-16-14/h10,15-16H,2-8H2,1H3. The Labute approximate surface area is 107 Å². The molecule has 3 aliphatic rings. The van der Waals surface area contributed by atoms with Gasteiger partial charge in [-0.05, 0) is 36.8 Å². The Morgan fingerprint density at radius 3 is 2.83 bits per heavy atom. The normalized spacial score (nSPS) is 23.2. The highest BCUT2D eigenvalue weighted by atomic mass is 15.3. The van der Waals surface area contributed by atoms with Crippen LogP contribution in [0.15, 0.2) is 5.57 Å². The third-order valence-electron chi connectivity index (χ3n) is 4.60. The molecule has 1 aliphatic carbocycles. The summed E-state index contributed by atoms with van der Waals surface area (Å²) in [5.74, 6) is 1.87. The summed E-state index contributed by atoms with van der Waals surface area (Å²) < 4.78 is 2.04. The summed E-state index contributed by atoms with van der Waals surface area (Å²) in [7, 11) is 2.07. The molecule has 0 aromatic carbocycles. The van der Waals surface area contributed by atoms with Crippen molar-refractivity contribution in [1.29, 1.82) is 0 Å². The second kappa shape index (κ2) is 3.85. The van der Waals surface area contributed by atoms with Crippen LogP contribution in [0.25, 0.3) is 5.57 Å². The molecule has 0 atom stereocenters. The Morgan fingerprint density at radius 2 is 2.06 bits per heavy atom. The van der Waals surface area contributed by atoms with Crippen LogP contribution in [0.2, 0.25) is 0 Å². The highest BCUT2D eigenvalue weighted by molar-refractivity contribution is 5.82. The molecule has 4 rings (SSSR count). The fourth-order valence-electron chi connectivity index (χ4n) is 3.47.